The van der Waals surface area contributed by atoms with Gasteiger partial charge in [-0.25, -0.2) is 14.4 Å². The maximum absolute atomic E-state index is 13.9. The molecule has 3 aliphatic carbocycles. The van der Waals surface area contributed by atoms with Gasteiger partial charge in [-0.1, -0.05) is 88.5 Å². The van der Waals surface area contributed by atoms with Crippen LogP contribution >= 0.6 is 0 Å². The number of carbonyl (C=O) groups is 7. The molecule has 2 aliphatic heterocycles. The van der Waals surface area contributed by atoms with Gasteiger partial charge in [-0.05, 0) is 93.3 Å². The molecule has 8 amide bonds. The number of ether oxygens (including phenoxy) is 1. The molecule has 0 bridgehead atoms. The minimum Gasteiger partial charge on any atom is -0.467 e. The first-order valence-corrected chi connectivity index (χ1v) is 23.1. The summed E-state index contributed by atoms with van der Waals surface area (Å²) in [6, 6.07) is -4.58. The second-order valence-corrected chi connectivity index (χ2v) is 24.6. The predicted molar refractivity (Wildman–Crippen MR) is 243 cm³/mol. The molecule has 5 rings (SSSR count). The molecule has 3 saturated carbocycles. The van der Waals surface area contributed by atoms with Gasteiger partial charge in [0.2, 0.25) is 23.6 Å². The van der Waals surface area contributed by atoms with E-state index in [9.17, 15) is 38.7 Å². The first-order valence-electron chi connectivity index (χ1n) is 23.1. The third-order valence-electron chi connectivity index (χ3n) is 14.3. The van der Waals surface area contributed by atoms with Gasteiger partial charge < -0.3 is 52.0 Å². The topological polar surface area (TPSA) is 242 Å². The number of likely N-dealkylation sites (tertiary alicyclic amines) is 2. The Kier molecular flexibility index (Phi) is 15.0. The number of piperidine rings is 2. The summed E-state index contributed by atoms with van der Waals surface area (Å²) in [6.45, 7) is 31.9. The van der Waals surface area contributed by atoms with Gasteiger partial charge >= 0.3 is 18.0 Å². The van der Waals surface area contributed by atoms with Gasteiger partial charge in [0.05, 0.1) is 13.2 Å². The first kappa shape index (κ1) is 52.5. The van der Waals surface area contributed by atoms with Crippen LogP contribution in [0, 0.1) is 51.2 Å². The van der Waals surface area contributed by atoms with Crippen molar-refractivity contribution in [2.45, 2.75) is 184 Å². The molecule has 17 nitrogen and oxygen atoms in total. The van der Waals surface area contributed by atoms with Crippen molar-refractivity contribution in [3.05, 3.63) is 0 Å². The van der Waals surface area contributed by atoms with Crippen molar-refractivity contribution in [3.8, 4) is 0 Å². The minimum atomic E-state index is -1.50. The Morgan fingerprint density at radius 3 is 1.39 bits per heavy atom. The summed E-state index contributed by atoms with van der Waals surface area (Å²) in [5.41, 5.74) is 3.30. The van der Waals surface area contributed by atoms with Crippen molar-refractivity contribution in [2.24, 2.45) is 57.0 Å². The molecule has 6 unspecified atom stereocenters. The quantitative estimate of drug-likeness (QED) is 0.150. The van der Waals surface area contributed by atoms with E-state index in [2.05, 4.69) is 54.3 Å². The van der Waals surface area contributed by atoms with Crippen molar-refractivity contribution in [1.29, 1.82) is 0 Å². The molecular formula is C47H82N8O9. The number of nitrogens with two attached hydrogens (primary N) is 1. The average Bonchev–Trinajstić information content (AvgIpc) is 3.58. The van der Waals surface area contributed by atoms with Crippen molar-refractivity contribution in [1.82, 2.24) is 36.4 Å². The van der Waals surface area contributed by atoms with E-state index in [1.165, 1.54) is 7.11 Å². The SMILES string of the molecule is CC(C)(C)NC(=O)N[C@H](C(=O)N1CC2C([C@H]1C(=O)NC(CC1CCC1)C(O)C(N)=O)C2(C)C)C(C)(C)C.COC(=O)[C@@H]1C2C(CN1C(=O)[C@@H](NC(=O)NC(C)(C)C)C(C)(C)C)C2(C)C. The molecule has 2 heterocycles. The molecule has 0 aromatic heterocycles. The van der Waals surface area contributed by atoms with Crippen LogP contribution in [0.1, 0.15) is 136 Å². The number of hydrogen-bond donors (Lipinski definition) is 7. The van der Waals surface area contributed by atoms with Crippen molar-refractivity contribution >= 4 is 41.7 Å². The largest absolute Gasteiger partial charge is 0.467 e. The molecule has 8 N–H and O–H groups in total. The third-order valence-corrected chi connectivity index (χ3v) is 14.3. The molecule has 0 spiro atoms. The molecule has 0 radical (unpaired) electrons. The summed E-state index contributed by atoms with van der Waals surface area (Å²) in [7, 11) is 1.35. The van der Waals surface area contributed by atoms with E-state index in [0.717, 1.165) is 19.3 Å². The van der Waals surface area contributed by atoms with Crippen LogP contribution in [0.15, 0.2) is 0 Å². The number of urea groups is 2. The van der Waals surface area contributed by atoms with Crippen molar-refractivity contribution in [3.63, 3.8) is 0 Å². The molecule has 0 aromatic rings. The Bertz CT molecular complexity index is 1800. The highest BCUT2D eigenvalue weighted by molar-refractivity contribution is 5.95. The fourth-order valence-corrected chi connectivity index (χ4v) is 10.2. The lowest BCUT2D eigenvalue weighted by Gasteiger charge is -2.39. The minimum absolute atomic E-state index is 0.0317. The van der Waals surface area contributed by atoms with Gasteiger partial charge in [0.15, 0.2) is 6.10 Å². The number of rotatable bonds is 11. The molecule has 5 aliphatic rings. The summed E-state index contributed by atoms with van der Waals surface area (Å²) < 4.78 is 4.98. The van der Waals surface area contributed by atoms with Crippen LogP contribution in [0.25, 0.3) is 0 Å². The lowest BCUT2D eigenvalue weighted by Crippen LogP contribution is -2.62. The van der Waals surface area contributed by atoms with E-state index in [0.29, 0.717) is 25.4 Å². The number of nitrogens with zero attached hydrogens (tertiary/aromatic N) is 2. The zero-order chi connectivity index (χ0) is 49.0. The fourth-order valence-electron chi connectivity index (χ4n) is 10.2. The Balaban J connectivity index is 0.000000295. The Hall–Kier alpha value is -4.15. The fraction of sp³-hybridized carbons (Fsp3) is 0.851. The second-order valence-electron chi connectivity index (χ2n) is 24.6. The molecular weight excluding hydrogens is 821 g/mol. The van der Waals surface area contributed by atoms with Crippen LogP contribution in [0.5, 0.6) is 0 Å². The van der Waals surface area contributed by atoms with Crippen LogP contribution in [-0.2, 0) is 28.7 Å². The summed E-state index contributed by atoms with van der Waals surface area (Å²) >= 11 is 0. The molecule has 5 fully saturated rings. The summed E-state index contributed by atoms with van der Waals surface area (Å²) in [6.07, 6.45) is 2.03. The molecule has 364 valence electrons. The number of primary amides is 1. The Labute approximate surface area is 381 Å². The number of aliphatic hydroxyl groups excluding tert-OH is 1. The highest BCUT2D eigenvalue weighted by atomic mass is 16.5. The maximum atomic E-state index is 13.9. The van der Waals surface area contributed by atoms with Crippen molar-refractivity contribution in [2.75, 3.05) is 20.2 Å². The van der Waals surface area contributed by atoms with Gasteiger partial charge in [-0.2, -0.15) is 0 Å². The van der Waals surface area contributed by atoms with Crippen LogP contribution in [0.2, 0.25) is 0 Å². The lowest BCUT2D eigenvalue weighted by atomic mass is 9.79. The normalized spacial score (nSPS) is 27.3. The van der Waals surface area contributed by atoms with Crippen LogP contribution < -0.4 is 32.3 Å². The molecule has 0 aromatic carbocycles. The Morgan fingerprint density at radius 2 is 1.06 bits per heavy atom. The van der Waals surface area contributed by atoms with Crippen LogP contribution in [-0.4, -0.2) is 124 Å². The lowest BCUT2D eigenvalue weighted by molar-refractivity contribution is -0.154. The standard InChI is InChI=1S/C27H47N5O5.C20H35N3O4/c1-25(2,3)20(30-24(37)31-26(4,5)6)23(36)32-13-15-17(27(15,7)8)18(32)22(35)29-16(19(33)21(28)34)12-14-10-9-11-14;1-18(2,3)14(21-17(26)22-19(4,5)6)15(24)23-10-11-12(20(11,7)8)13(23)16(25)27-9/h14-20,33H,9-13H2,1-8H3,(H2,28,34)(H,29,35)(H2,30,31,37);11-14H,10H2,1-9H3,(H2,21,22,26)/t15?,16?,17?,18-,19?,20+;11?,12?,13-,14+/m00/s1. The summed E-state index contributed by atoms with van der Waals surface area (Å²) in [5.74, 6) is -1.37. The number of hydrogen-bond acceptors (Lipinski definition) is 9. The number of nitrogens with one attached hydrogen (secondary N) is 5. The van der Waals surface area contributed by atoms with Gasteiger partial charge in [0.1, 0.15) is 24.2 Å². The van der Waals surface area contributed by atoms with E-state index >= 15 is 0 Å². The van der Waals surface area contributed by atoms with Gasteiger partial charge in [-0.3, -0.25) is 19.2 Å². The smallest absolute Gasteiger partial charge is 0.328 e. The zero-order valence-corrected chi connectivity index (χ0v) is 41.8. The van der Waals surface area contributed by atoms with Gasteiger partial charge in [0.25, 0.3) is 0 Å². The molecule has 2 saturated heterocycles. The van der Waals surface area contributed by atoms with Crippen LogP contribution in [0.3, 0.4) is 0 Å². The third kappa shape index (κ3) is 11.8. The predicted octanol–water partition coefficient (Wildman–Crippen LogP) is 3.66. The zero-order valence-electron chi connectivity index (χ0n) is 41.8. The van der Waals surface area contributed by atoms with E-state index in [1.54, 1.807) is 9.80 Å². The average molecular weight is 903 g/mol. The number of carbonyl (C=O) groups excluding carboxylic acids is 7. The van der Waals surface area contributed by atoms with Crippen molar-refractivity contribution < 1.29 is 43.4 Å². The second kappa shape index (κ2) is 18.3. The van der Waals surface area contributed by atoms with E-state index in [-0.39, 0.29) is 58.2 Å². The van der Waals surface area contributed by atoms with E-state index in [4.69, 9.17) is 10.5 Å². The summed E-state index contributed by atoms with van der Waals surface area (Å²) in [5, 5.41) is 24.7. The van der Waals surface area contributed by atoms with Gasteiger partial charge in [-0.15, -0.1) is 0 Å². The number of fused-ring (bicyclic) bond motifs is 2. The Morgan fingerprint density at radius 1 is 0.672 bits per heavy atom. The molecule has 10 atom stereocenters. The molecule has 64 heavy (non-hydrogen) atoms. The maximum Gasteiger partial charge on any atom is 0.328 e. The first-order chi connectivity index (χ1) is 28.9. The number of aliphatic hydroxyl groups is 1. The number of esters is 1. The van der Waals surface area contributed by atoms with Crippen LogP contribution in [0.4, 0.5) is 9.59 Å². The van der Waals surface area contributed by atoms with E-state index < -0.39 is 76.2 Å². The van der Waals surface area contributed by atoms with E-state index in [1.807, 2.05) is 83.1 Å². The monoisotopic (exact) mass is 903 g/mol. The highest BCUT2D eigenvalue weighted by Crippen LogP contribution is 2.66. The summed E-state index contributed by atoms with van der Waals surface area (Å²) in [4.78, 5) is 93.5. The molecule has 17 heteroatoms. The van der Waals surface area contributed by atoms with Gasteiger partial charge in [0, 0.05) is 30.1 Å². The highest BCUT2D eigenvalue weighted by Gasteiger charge is 2.71. The number of amides is 8. The number of methoxy groups -OCH3 is 1.